The van der Waals surface area contributed by atoms with E-state index in [0.29, 0.717) is 10.3 Å². The minimum absolute atomic E-state index is 0.300. The molecule has 0 saturated heterocycles. The molecule has 0 atom stereocenters. The molecule has 0 spiro atoms. The molecule has 2 aromatic rings. The van der Waals surface area contributed by atoms with E-state index in [-0.39, 0.29) is 5.95 Å². The second-order valence-corrected chi connectivity index (χ2v) is 3.85. The van der Waals surface area contributed by atoms with Gasteiger partial charge in [0.15, 0.2) is 0 Å². The Kier molecular flexibility index (Phi) is 2.77. The monoisotopic (exact) mass is 307 g/mol. The number of hydrogen-bond acceptors (Lipinski definition) is 4. The zero-order valence-corrected chi connectivity index (χ0v) is 9.70. The zero-order valence-electron chi connectivity index (χ0n) is 8.11. The zero-order chi connectivity index (χ0) is 12.6. The van der Waals surface area contributed by atoms with Crippen LogP contribution in [0.2, 0.25) is 0 Å². The van der Waals surface area contributed by atoms with Crippen molar-refractivity contribution >= 4 is 21.9 Å². The van der Waals surface area contributed by atoms with Gasteiger partial charge in [0.2, 0.25) is 5.95 Å². The Morgan fingerprint density at radius 1 is 1.29 bits per heavy atom. The topological polar surface area (TPSA) is 69.6 Å². The Labute approximate surface area is 102 Å². The summed E-state index contributed by atoms with van der Waals surface area (Å²) in [6.45, 7) is 0. The average molecular weight is 308 g/mol. The maximum atomic E-state index is 12.3. The molecule has 0 saturated carbocycles. The molecule has 0 bridgehead atoms. The van der Waals surface area contributed by atoms with Crippen molar-refractivity contribution in [2.75, 3.05) is 5.73 Å². The van der Waals surface area contributed by atoms with Crippen molar-refractivity contribution in [3.05, 3.63) is 28.8 Å². The summed E-state index contributed by atoms with van der Waals surface area (Å²) in [5.74, 6) is -1.63. The van der Waals surface area contributed by atoms with Crippen LogP contribution in [0.3, 0.4) is 0 Å². The van der Waals surface area contributed by atoms with Crippen molar-refractivity contribution in [3.8, 4) is 5.69 Å². The molecule has 2 aromatic heterocycles. The van der Waals surface area contributed by atoms with Crippen LogP contribution in [-0.4, -0.2) is 19.7 Å². The number of aromatic nitrogens is 4. The molecule has 2 N–H and O–H groups in total. The Balaban J connectivity index is 2.46. The van der Waals surface area contributed by atoms with Crippen LogP contribution in [0.15, 0.2) is 22.9 Å². The van der Waals surface area contributed by atoms with Gasteiger partial charge in [0.25, 0.3) is 5.82 Å². The molecule has 0 unspecified atom stereocenters. The van der Waals surface area contributed by atoms with E-state index in [4.69, 9.17) is 5.73 Å². The number of nitrogen functional groups attached to an aromatic ring is 1. The van der Waals surface area contributed by atoms with Crippen LogP contribution in [0, 0.1) is 0 Å². The number of anilines is 1. The van der Waals surface area contributed by atoms with Crippen LogP contribution in [0.25, 0.3) is 5.69 Å². The van der Waals surface area contributed by atoms with Gasteiger partial charge in [-0.2, -0.15) is 22.8 Å². The van der Waals surface area contributed by atoms with Gasteiger partial charge in [-0.1, -0.05) is 0 Å². The summed E-state index contributed by atoms with van der Waals surface area (Å²) < 4.78 is 38.5. The number of nitrogens with zero attached hydrogens (tertiary/aromatic N) is 4. The Hall–Kier alpha value is -1.64. The number of pyridine rings is 1. The normalized spacial score (nSPS) is 11.8. The van der Waals surface area contributed by atoms with Crippen LogP contribution < -0.4 is 5.73 Å². The van der Waals surface area contributed by atoms with Crippen LogP contribution in [-0.2, 0) is 6.18 Å². The fourth-order valence-corrected chi connectivity index (χ4v) is 1.36. The van der Waals surface area contributed by atoms with E-state index >= 15 is 0 Å². The summed E-state index contributed by atoms with van der Waals surface area (Å²) in [4.78, 5) is 7.01. The standard InChI is InChI=1S/C8H5BrF3N5/c9-5-2-1-4(3-14-5)17-7(13)15-6(16-17)8(10,11)12/h1-3H,(H2,13,15,16). The van der Waals surface area contributed by atoms with E-state index in [9.17, 15) is 13.2 Å². The molecule has 0 aromatic carbocycles. The van der Waals surface area contributed by atoms with Crippen LogP contribution in [0.1, 0.15) is 5.82 Å². The molecule has 0 aliphatic rings. The first-order valence-corrected chi connectivity index (χ1v) is 5.09. The van der Waals surface area contributed by atoms with Gasteiger partial charge in [-0.3, -0.25) is 0 Å². The number of rotatable bonds is 1. The van der Waals surface area contributed by atoms with Crippen LogP contribution in [0.5, 0.6) is 0 Å². The van der Waals surface area contributed by atoms with E-state index in [2.05, 4.69) is 31.0 Å². The molecule has 0 amide bonds. The maximum absolute atomic E-state index is 12.3. The lowest BCUT2D eigenvalue weighted by Gasteiger charge is -2.01. The first kappa shape index (κ1) is 11.8. The average Bonchev–Trinajstić information content (AvgIpc) is 2.61. The summed E-state index contributed by atoms with van der Waals surface area (Å²) in [5, 5.41) is 3.28. The van der Waals surface area contributed by atoms with E-state index < -0.39 is 12.0 Å². The molecule has 90 valence electrons. The van der Waals surface area contributed by atoms with Crippen molar-refractivity contribution in [1.82, 2.24) is 19.7 Å². The van der Waals surface area contributed by atoms with Gasteiger partial charge in [0, 0.05) is 0 Å². The molecule has 0 aliphatic carbocycles. The summed E-state index contributed by atoms with van der Waals surface area (Å²) in [6.07, 6.45) is -3.29. The van der Waals surface area contributed by atoms with E-state index in [1.165, 1.54) is 12.3 Å². The van der Waals surface area contributed by atoms with Gasteiger partial charge >= 0.3 is 6.18 Å². The number of nitrogens with two attached hydrogens (primary N) is 1. The second kappa shape index (κ2) is 3.99. The van der Waals surface area contributed by atoms with Crippen LogP contribution in [0.4, 0.5) is 19.1 Å². The van der Waals surface area contributed by atoms with Gasteiger partial charge in [-0.25, -0.2) is 4.98 Å². The largest absolute Gasteiger partial charge is 0.453 e. The molecule has 5 nitrogen and oxygen atoms in total. The fraction of sp³-hybridized carbons (Fsp3) is 0.125. The third-order valence-electron chi connectivity index (χ3n) is 1.84. The molecule has 0 fully saturated rings. The van der Waals surface area contributed by atoms with Gasteiger partial charge in [0.1, 0.15) is 4.60 Å². The molecular weight excluding hydrogens is 303 g/mol. The lowest BCUT2D eigenvalue weighted by Crippen LogP contribution is -2.08. The smallest absolute Gasteiger partial charge is 0.368 e. The van der Waals surface area contributed by atoms with E-state index in [1.807, 2.05) is 0 Å². The highest BCUT2D eigenvalue weighted by molar-refractivity contribution is 9.10. The summed E-state index contributed by atoms with van der Waals surface area (Å²) in [7, 11) is 0. The first-order chi connectivity index (χ1) is 7.88. The van der Waals surface area contributed by atoms with Crippen molar-refractivity contribution < 1.29 is 13.2 Å². The molecule has 17 heavy (non-hydrogen) atoms. The van der Waals surface area contributed by atoms with E-state index in [1.54, 1.807) is 6.07 Å². The third-order valence-corrected chi connectivity index (χ3v) is 2.31. The predicted octanol–water partition coefficient (Wildman–Crippen LogP) is 2.03. The van der Waals surface area contributed by atoms with Crippen molar-refractivity contribution in [2.24, 2.45) is 0 Å². The Morgan fingerprint density at radius 3 is 2.47 bits per heavy atom. The highest BCUT2D eigenvalue weighted by atomic mass is 79.9. The van der Waals surface area contributed by atoms with Gasteiger partial charge in [-0.15, -0.1) is 5.10 Å². The van der Waals surface area contributed by atoms with Crippen molar-refractivity contribution in [3.63, 3.8) is 0 Å². The number of halogens is 4. The minimum Gasteiger partial charge on any atom is -0.368 e. The lowest BCUT2D eigenvalue weighted by atomic mass is 10.4. The molecule has 2 heterocycles. The van der Waals surface area contributed by atoms with Crippen molar-refractivity contribution in [1.29, 1.82) is 0 Å². The molecule has 0 aliphatic heterocycles. The number of hydrogen-bond donors (Lipinski definition) is 1. The third kappa shape index (κ3) is 2.38. The lowest BCUT2D eigenvalue weighted by molar-refractivity contribution is -0.144. The Bertz CT molecular complexity index is 533. The predicted molar refractivity (Wildman–Crippen MR) is 56.3 cm³/mol. The van der Waals surface area contributed by atoms with Gasteiger partial charge < -0.3 is 5.73 Å². The Morgan fingerprint density at radius 2 is 2.00 bits per heavy atom. The van der Waals surface area contributed by atoms with E-state index in [0.717, 1.165) is 4.68 Å². The van der Waals surface area contributed by atoms with Crippen molar-refractivity contribution in [2.45, 2.75) is 6.18 Å². The van der Waals surface area contributed by atoms with Gasteiger partial charge in [0.05, 0.1) is 11.9 Å². The first-order valence-electron chi connectivity index (χ1n) is 4.29. The molecule has 2 rings (SSSR count). The minimum atomic E-state index is -4.62. The number of alkyl halides is 3. The van der Waals surface area contributed by atoms with Crippen LogP contribution >= 0.6 is 15.9 Å². The summed E-state index contributed by atoms with van der Waals surface area (Å²) in [5.41, 5.74) is 5.66. The molecule has 0 radical (unpaired) electrons. The highest BCUT2D eigenvalue weighted by Crippen LogP contribution is 2.27. The second-order valence-electron chi connectivity index (χ2n) is 3.04. The molecule has 9 heteroatoms. The molecular formula is C8H5BrF3N5. The quantitative estimate of drug-likeness (QED) is 0.818. The fourth-order valence-electron chi connectivity index (χ4n) is 1.13. The maximum Gasteiger partial charge on any atom is 0.453 e. The SMILES string of the molecule is Nc1nc(C(F)(F)F)nn1-c1ccc(Br)nc1. The summed E-state index contributed by atoms with van der Waals surface area (Å²) >= 11 is 3.11. The summed E-state index contributed by atoms with van der Waals surface area (Å²) in [6, 6.07) is 3.08. The highest BCUT2D eigenvalue weighted by Gasteiger charge is 2.37. The van der Waals surface area contributed by atoms with Gasteiger partial charge in [-0.05, 0) is 28.1 Å².